The Morgan fingerprint density at radius 2 is 2.24 bits per heavy atom. The largest absolute Gasteiger partial charge is 0.383 e. The third-order valence-electron chi connectivity index (χ3n) is 2.15. The summed E-state index contributed by atoms with van der Waals surface area (Å²) in [6.45, 7) is 1.97. The molecule has 1 aromatic rings. The Kier molecular flexibility index (Phi) is 6.48. The normalized spacial score (nSPS) is 10.0. The van der Waals surface area contributed by atoms with Gasteiger partial charge in [0.25, 0.3) is 0 Å². The van der Waals surface area contributed by atoms with Crippen LogP contribution in [0.5, 0.6) is 0 Å². The number of nitriles is 1. The van der Waals surface area contributed by atoms with Crippen LogP contribution in [-0.2, 0) is 4.74 Å². The first-order chi connectivity index (χ1) is 8.19. The van der Waals surface area contributed by atoms with Crippen LogP contribution in [0.15, 0.2) is 21.2 Å². The number of halogens is 2. The Morgan fingerprint density at radius 1 is 1.47 bits per heavy atom. The van der Waals surface area contributed by atoms with Crippen LogP contribution in [0.3, 0.4) is 0 Å². The van der Waals surface area contributed by atoms with Crippen molar-refractivity contribution < 1.29 is 4.74 Å². The molecule has 0 aliphatic rings. The Morgan fingerprint density at radius 3 is 2.82 bits per heavy atom. The highest BCUT2D eigenvalue weighted by Crippen LogP contribution is 2.26. The van der Waals surface area contributed by atoms with E-state index < -0.39 is 0 Å². The molecular weight excluding hydrogens is 350 g/mol. The summed E-state index contributed by atoms with van der Waals surface area (Å²) in [5, 5.41) is 8.65. The van der Waals surface area contributed by atoms with Crippen LogP contribution in [-0.4, -0.2) is 31.8 Å². The molecule has 1 rings (SSSR count). The fourth-order valence-corrected chi connectivity index (χ4v) is 2.59. The van der Waals surface area contributed by atoms with E-state index in [0.717, 1.165) is 14.8 Å². The van der Waals surface area contributed by atoms with Gasteiger partial charge >= 0.3 is 0 Å². The highest BCUT2D eigenvalue weighted by atomic mass is 79.9. The third-order valence-corrected chi connectivity index (χ3v) is 3.16. The maximum atomic E-state index is 8.65. The molecular formula is C11H13Br2N3O. The zero-order chi connectivity index (χ0) is 12.7. The summed E-state index contributed by atoms with van der Waals surface area (Å²) in [6, 6.07) is 4.08. The van der Waals surface area contributed by atoms with Gasteiger partial charge in [0.1, 0.15) is 5.82 Å². The van der Waals surface area contributed by atoms with Crippen molar-refractivity contribution in [2.24, 2.45) is 0 Å². The maximum Gasteiger partial charge on any atom is 0.143 e. The van der Waals surface area contributed by atoms with Gasteiger partial charge in [-0.2, -0.15) is 5.26 Å². The fraction of sp³-hybridized carbons (Fsp3) is 0.455. The van der Waals surface area contributed by atoms with Crippen LogP contribution in [0.4, 0.5) is 5.82 Å². The van der Waals surface area contributed by atoms with Crippen molar-refractivity contribution in [1.29, 1.82) is 5.26 Å². The molecule has 0 N–H and O–H groups in total. The van der Waals surface area contributed by atoms with Crippen LogP contribution in [0.1, 0.15) is 6.42 Å². The van der Waals surface area contributed by atoms with Gasteiger partial charge in [0.05, 0.1) is 23.6 Å². The molecule has 0 spiro atoms. The molecule has 0 unspecified atom stereocenters. The molecule has 0 aromatic carbocycles. The number of hydrogen-bond donors (Lipinski definition) is 0. The molecule has 1 aromatic heterocycles. The van der Waals surface area contributed by atoms with E-state index in [4.69, 9.17) is 10.00 Å². The molecule has 0 aliphatic heterocycles. The molecule has 0 amide bonds. The fourth-order valence-electron chi connectivity index (χ4n) is 1.35. The van der Waals surface area contributed by atoms with Gasteiger partial charge in [0.15, 0.2) is 0 Å². The zero-order valence-electron chi connectivity index (χ0n) is 9.49. The number of ether oxygens (including phenoxy) is 1. The van der Waals surface area contributed by atoms with Gasteiger partial charge in [-0.3, -0.25) is 0 Å². The molecule has 0 fully saturated rings. The number of methoxy groups -OCH3 is 1. The summed E-state index contributed by atoms with van der Waals surface area (Å²) < 4.78 is 6.88. The van der Waals surface area contributed by atoms with E-state index in [9.17, 15) is 0 Å². The molecule has 92 valence electrons. The van der Waals surface area contributed by atoms with E-state index in [1.165, 1.54) is 0 Å². The molecule has 0 saturated carbocycles. The Labute approximate surface area is 118 Å². The van der Waals surface area contributed by atoms with Gasteiger partial charge in [-0.25, -0.2) is 4.98 Å². The van der Waals surface area contributed by atoms with Gasteiger partial charge in [-0.15, -0.1) is 0 Å². The molecule has 1 heterocycles. The van der Waals surface area contributed by atoms with Gasteiger partial charge in [0.2, 0.25) is 0 Å². The number of anilines is 1. The van der Waals surface area contributed by atoms with Crippen molar-refractivity contribution in [2.75, 3.05) is 31.7 Å². The monoisotopic (exact) mass is 361 g/mol. The molecule has 4 nitrogen and oxygen atoms in total. The lowest BCUT2D eigenvalue weighted by Gasteiger charge is -2.23. The summed E-state index contributed by atoms with van der Waals surface area (Å²) >= 11 is 6.84. The quantitative estimate of drug-likeness (QED) is 0.780. The van der Waals surface area contributed by atoms with Gasteiger partial charge in [-0.1, -0.05) is 0 Å². The topological polar surface area (TPSA) is 49.1 Å². The minimum atomic E-state index is 0.466. The number of pyridine rings is 1. The van der Waals surface area contributed by atoms with Gasteiger partial charge < -0.3 is 9.64 Å². The number of hydrogen-bond acceptors (Lipinski definition) is 4. The second kappa shape index (κ2) is 7.64. The Bertz CT molecular complexity index is 406. The first-order valence-electron chi connectivity index (χ1n) is 5.11. The van der Waals surface area contributed by atoms with Gasteiger partial charge in [0, 0.05) is 30.9 Å². The average Bonchev–Trinajstić information content (AvgIpc) is 2.30. The molecule has 0 saturated heterocycles. The van der Waals surface area contributed by atoms with Crippen LogP contribution in [0.2, 0.25) is 0 Å². The minimum absolute atomic E-state index is 0.466. The lowest BCUT2D eigenvalue weighted by atomic mass is 10.3. The minimum Gasteiger partial charge on any atom is -0.383 e. The van der Waals surface area contributed by atoms with Crippen molar-refractivity contribution in [3.05, 3.63) is 21.2 Å². The Balaban J connectivity index is 2.83. The summed E-state index contributed by atoms with van der Waals surface area (Å²) in [6.07, 6.45) is 2.21. The third kappa shape index (κ3) is 4.62. The summed E-state index contributed by atoms with van der Waals surface area (Å²) in [4.78, 5) is 6.38. The molecule has 0 radical (unpaired) electrons. The number of rotatable bonds is 6. The smallest absolute Gasteiger partial charge is 0.143 e. The lowest BCUT2D eigenvalue weighted by Crippen LogP contribution is -2.29. The van der Waals surface area contributed by atoms with Crippen LogP contribution in [0.25, 0.3) is 0 Å². The van der Waals surface area contributed by atoms with E-state index in [-0.39, 0.29) is 0 Å². The van der Waals surface area contributed by atoms with E-state index >= 15 is 0 Å². The molecule has 17 heavy (non-hydrogen) atoms. The first-order valence-corrected chi connectivity index (χ1v) is 6.69. The molecule has 0 aliphatic carbocycles. The summed E-state index contributed by atoms with van der Waals surface area (Å²) in [5.74, 6) is 0.834. The lowest BCUT2D eigenvalue weighted by molar-refractivity contribution is 0.205. The highest BCUT2D eigenvalue weighted by molar-refractivity contribution is 9.11. The predicted octanol–water partition coefficient (Wildman–Crippen LogP) is 2.97. The van der Waals surface area contributed by atoms with Crippen molar-refractivity contribution in [3.8, 4) is 6.07 Å². The summed E-state index contributed by atoms with van der Waals surface area (Å²) in [7, 11) is 1.66. The second-order valence-corrected chi connectivity index (χ2v) is 5.12. The standard InChI is InChI=1S/C11H13Br2N3O/c1-17-6-5-16(4-2-3-14)11-10(13)7-9(12)8-15-11/h7-8H,2,4-6H2,1H3. The second-order valence-electron chi connectivity index (χ2n) is 3.35. The Hall–Kier alpha value is -0.640. The van der Waals surface area contributed by atoms with E-state index in [1.54, 1.807) is 13.3 Å². The van der Waals surface area contributed by atoms with Crippen LogP contribution in [0, 0.1) is 11.3 Å². The number of nitrogens with zero attached hydrogens (tertiary/aromatic N) is 3. The molecule has 0 atom stereocenters. The van der Waals surface area contributed by atoms with Crippen molar-refractivity contribution in [1.82, 2.24) is 4.98 Å². The molecule has 6 heteroatoms. The molecule has 0 bridgehead atoms. The zero-order valence-corrected chi connectivity index (χ0v) is 12.7. The SMILES string of the molecule is COCCN(CCC#N)c1ncc(Br)cc1Br. The van der Waals surface area contributed by atoms with E-state index in [1.807, 2.05) is 11.0 Å². The van der Waals surface area contributed by atoms with Crippen LogP contribution >= 0.6 is 31.9 Å². The average molecular weight is 363 g/mol. The van der Waals surface area contributed by atoms with Crippen LogP contribution < -0.4 is 4.90 Å². The van der Waals surface area contributed by atoms with E-state index in [2.05, 4.69) is 42.9 Å². The van der Waals surface area contributed by atoms with Crippen molar-refractivity contribution in [3.63, 3.8) is 0 Å². The highest BCUT2D eigenvalue weighted by Gasteiger charge is 2.11. The maximum absolute atomic E-state index is 8.65. The number of aromatic nitrogens is 1. The first kappa shape index (κ1) is 14.4. The predicted molar refractivity (Wildman–Crippen MR) is 74.0 cm³/mol. The van der Waals surface area contributed by atoms with Crippen molar-refractivity contribution >= 4 is 37.7 Å². The summed E-state index contributed by atoms with van der Waals surface area (Å²) in [5.41, 5.74) is 0. The van der Waals surface area contributed by atoms with Crippen molar-refractivity contribution in [2.45, 2.75) is 6.42 Å². The van der Waals surface area contributed by atoms with E-state index in [0.29, 0.717) is 26.1 Å². The van der Waals surface area contributed by atoms with Gasteiger partial charge in [-0.05, 0) is 37.9 Å².